The van der Waals surface area contributed by atoms with Crippen LogP contribution in [-0.4, -0.2) is 0 Å². The van der Waals surface area contributed by atoms with Gasteiger partial charge in [0, 0.05) is 49.1 Å². The van der Waals surface area contributed by atoms with Crippen molar-refractivity contribution < 1.29 is 9.47 Å². The van der Waals surface area contributed by atoms with Crippen molar-refractivity contribution in [1.29, 1.82) is 0 Å². The molecule has 0 aromatic heterocycles. The normalized spacial score (nSPS) is 17.6. The van der Waals surface area contributed by atoms with Gasteiger partial charge in [-0.15, -0.1) is 0 Å². The van der Waals surface area contributed by atoms with Crippen LogP contribution in [0, 0.1) is 0 Å². The van der Waals surface area contributed by atoms with E-state index in [2.05, 4.69) is 195 Å². The Hall–Kier alpha value is -7.27. The Morgan fingerprint density at radius 3 is 2.34 bits per heavy atom. The van der Waals surface area contributed by atoms with Crippen LogP contribution in [0.3, 0.4) is 0 Å². The molecule has 312 valence electrons. The summed E-state index contributed by atoms with van der Waals surface area (Å²) in [5.74, 6) is 3.69. The average Bonchev–Trinajstić information content (AvgIpc) is 3.64. The zero-order valence-corrected chi connectivity index (χ0v) is 37.1. The predicted octanol–water partition coefficient (Wildman–Crippen LogP) is 16.9. The highest BCUT2D eigenvalue weighted by atomic mass is 32.2. The molecule has 0 fully saturated rings. The number of anilines is 2. The fourth-order valence-corrected chi connectivity index (χ4v) is 12.2. The van der Waals surface area contributed by atoms with E-state index in [1.54, 1.807) is 0 Å². The summed E-state index contributed by atoms with van der Waals surface area (Å²) in [7, 11) is 0. The lowest BCUT2D eigenvalue weighted by molar-refractivity contribution is 0.436. The number of ether oxygens (including phenoxy) is 2. The minimum Gasteiger partial charge on any atom is -0.456 e. The summed E-state index contributed by atoms with van der Waals surface area (Å²) in [6.07, 6.45) is 20.8. The summed E-state index contributed by atoms with van der Waals surface area (Å²) < 4.78 is 14.0. The van der Waals surface area contributed by atoms with Gasteiger partial charge in [0.15, 0.2) is 0 Å². The Balaban J connectivity index is 1.00. The molecular formula is C61H45NO2S. The van der Waals surface area contributed by atoms with E-state index in [1.807, 2.05) is 23.9 Å². The summed E-state index contributed by atoms with van der Waals surface area (Å²) in [5, 5.41) is 4.04. The quantitative estimate of drug-likeness (QED) is 0.187. The molecule has 0 bridgehead atoms. The van der Waals surface area contributed by atoms with E-state index in [4.69, 9.17) is 9.47 Å². The summed E-state index contributed by atoms with van der Waals surface area (Å²) in [5.41, 5.74) is 19.7. The molecule has 3 heterocycles. The van der Waals surface area contributed by atoms with E-state index in [9.17, 15) is 0 Å². The van der Waals surface area contributed by atoms with Crippen molar-refractivity contribution in [2.24, 2.45) is 0 Å². The second-order valence-electron chi connectivity index (χ2n) is 18.3. The molecule has 1 N–H and O–H groups in total. The van der Waals surface area contributed by atoms with Gasteiger partial charge in [0.1, 0.15) is 23.0 Å². The third-order valence-electron chi connectivity index (χ3n) is 14.1. The molecule has 13 rings (SSSR count). The number of fused-ring (bicyclic) bond motifs is 9. The van der Waals surface area contributed by atoms with Gasteiger partial charge in [0.2, 0.25) is 0 Å². The first-order valence-corrected chi connectivity index (χ1v) is 23.6. The molecule has 1 atom stereocenters. The van der Waals surface area contributed by atoms with Crippen LogP contribution in [0.15, 0.2) is 191 Å². The largest absolute Gasteiger partial charge is 0.456 e. The van der Waals surface area contributed by atoms with Gasteiger partial charge in [0.25, 0.3) is 0 Å². The summed E-state index contributed by atoms with van der Waals surface area (Å²) >= 11 is 1.94. The van der Waals surface area contributed by atoms with Crippen LogP contribution in [0.2, 0.25) is 0 Å². The number of hydrogen-bond acceptors (Lipinski definition) is 4. The Bertz CT molecular complexity index is 3390. The van der Waals surface area contributed by atoms with E-state index in [1.165, 1.54) is 65.5 Å². The molecule has 7 aromatic carbocycles. The Kier molecular flexibility index (Phi) is 8.76. The number of nitrogens with one attached hydrogen (secondary N) is 1. The van der Waals surface area contributed by atoms with Crippen LogP contribution in [-0.2, 0) is 5.41 Å². The lowest BCUT2D eigenvalue weighted by atomic mass is 9.81. The molecule has 0 spiro atoms. The smallest absolute Gasteiger partial charge is 0.144 e. The van der Waals surface area contributed by atoms with Gasteiger partial charge in [-0.2, -0.15) is 0 Å². The zero-order chi connectivity index (χ0) is 43.2. The van der Waals surface area contributed by atoms with Crippen molar-refractivity contribution in [2.45, 2.75) is 49.3 Å². The lowest BCUT2D eigenvalue weighted by Gasteiger charge is -2.24. The minimum atomic E-state index is -0.115. The van der Waals surface area contributed by atoms with Crippen LogP contribution < -0.4 is 14.8 Å². The van der Waals surface area contributed by atoms with E-state index < -0.39 is 0 Å². The first kappa shape index (κ1) is 38.2. The summed E-state index contributed by atoms with van der Waals surface area (Å²) in [4.78, 5) is 2.79. The maximum atomic E-state index is 7.09. The highest BCUT2D eigenvalue weighted by Crippen LogP contribution is 2.56. The number of hydrogen-bond donors (Lipinski definition) is 1. The van der Waals surface area contributed by atoms with Gasteiger partial charge in [-0.1, -0.05) is 159 Å². The first-order chi connectivity index (χ1) is 31.9. The molecule has 3 nitrogen and oxygen atoms in total. The minimum absolute atomic E-state index is 0.115. The molecule has 4 heteroatoms. The summed E-state index contributed by atoms with van der Waals surface area (Å²) in [6, 6.07) is 51.1. The van der Waals surface area contributed by atoms with Crippen molar-refractivity contribution in [3.63, 3.8) is 0 Å². The van der Waals surface area contributed by atoms with Crippen LogP contribution in [0.1, 0.15) is 78.0 Å². The van der Waals surface area contributed by atoms with E-state index >= 15 is 0 Å². The van der Waals surface area contributed by atoms with Gasteiger partial charge in [-0.25, -0.2) is 0 Å². The maximum absolute atomic E-state index is 7.09. The predicted molar refractivity (Wildman–Crippen MR) is 271 cm³/mol. The third kappa shape index (κ3) is 6.26. The van der Waals surface area contributed by atoms with Gasteiger partial charge < -0.3 is 14.8 Å². The Labute approximate surface area is 384 Å². The van der Waals surface area contributed by atoms with Crippen molar-refractivity contribution in [3.05, 3.63) is 225 Å². The van der Waals surface area contributed by atoms with Crippen molar-refractivity contribution in [3.8, 4) is 50.6 Å². The first-order valence-electron chi connectivity index (χ1n) is 22.8. The molecule has 3 aliphatic carbocycles. The summed E-state index contributed by atoms with van der Waals surface area (Å²) in [6.45, 7) is 4.72. The fourth-order valence-electron chi connectivity index (χ4n) is 10.8. The molecular weight excluding hydrogens is 811 g/mol. The SMILES string of the molecule is CC1(C)c2ccccc2-c2ccc(-c3cc(Nc4ccc5c(c4-c4cccc6c4Oc4ccccc4C=C6)OC4=C(C=C5)CCC=C4)cc(C4=C5Sc6ccccc6C5CC=C4)c3)cc21. The standard InChI is InChI=1S/C61H45NO2S/c1-61(2)51-21-7-5-16-46(51)47-31-29-41(36-52(47)61)42-33-43(45-18-12-19-49-48-17-6-10-24-56(48)65-60(45)49)35-44(34-42)62-53-32-30-40-28-26-38-14-4-9-23-55(38)64-59(40)57(53)50-20-11-15-39-27-25-37-13-3-8-22-54(37)63-58(39)50/h3,5-13,15-18,20-36,49,62H,4,14,19H2,1-2H3. The van der Waals surface area contributed by atoms with E-state index in [-0.39, 0.29) is 5.41 Å². The number of thioether (sulfide) groups is 1. The lowest BCUT2D eigenvalue weighted by Crippen LogP contribution is -2.14. The van der Waals surface area contributed by atoms with Gasteiger partial charge in [-0.05, 0) is 130 Å². The highest BCUT2D eigenvalue weighted by Gasteiger charge is 2.36. The Morgan fingerprint density at radius 1 is 0.585 bits per heavy atom. The molecule has 0 amide bonds. The van der Waals surface area contributed by atoms with Crippen LogP contribution in [0.25, 0.3) is 57.2 Å². The van der Waals surface area contributed by atoms with Crippen LogP contribution in [0.5, 0.6) is 17.2 Å². The van der Waals surface area contributed by atoms with E-state index in [0.29, 0.717) is 5.92 Å². The molecule has 65 heavy (non-hydrogen) atoms. The molecule has 3 aliphatic heterocycles. The molecule has 6 aliphatic rings. The van der Waals surface area contributed by atoms with Gasteiger partial charge >= 0.3 is 0 Å². The monoisotopic (exact) mass is 855 g/mol. The van der Waals surface area contributed by atoms with Crippen LogP contribution >= 0.6 is 11.8 Å². The molecule has 0 saturated heterocycles. The maximum Gasteiger partial charge on any atom is 0.144 e. The van der Waals surface area contributed by atoms with Gasteiger partial charge in [-0.3, -0.25) is 0 Å². The van der Waals surface area contributed by atoms with Crippen molar-refractivity contribution >= 4 is 46.9 Å². The highest BCUT2D eigenvalue weighted by molar-refractivity contribution is 8.03. The fraction of sp³-hybridized carbons (Fsp3) is 0.115. The molecule has 0 radical (unpaired) electrons. The van der Waals surface area contributed by atoms with Crippen molar-refractivity contribution in [2.75, 3.05) is 5.32 Å². The second-order valence-corrected chi connectivity index (χ2v) is 19.4. The van der Waals surface area contributed by atoms with Crippen LogP contribution in [0.4, 0.5) is 11.4 Å². The molecule has 0 saturated carbocycles. The number of rotatable bonds is 5. The van der Waals surface area contributed by atoms with Gasteiger partial charge in [0.05, 0.1) is 11.3 Å². The second kappa shape index (κ2) is 14.9. The number of allylic oxidation sites excluding steroid dienone is 8. The van der Waals surface area contributed by atoms with Crippen molar-refractivity contribution in [1.82, 2.24) is 0 Å². The number of benzene rings is 7. The topological polar surface area (TPSA) is 30.5 Å². The molecule has 7 aromatic rings. The van der Waals surface area contributed by atoms with E-state index in [0.717, 1.165) is 81.5 Å². The average molecular weight is 856 g/mol. The zero-order valence-electron chi connectivity index (χ0n) is 36.3. The number of para-hydroxylation sites is 2. The Morgan fingerprint density at radius 2 is 1.37 bits per heavy atom. The third-order valence-corrected chi connectivity index (χ3v) is 15.4. The molecule has 1 unspecified atom stereocenters.